The highest BCUT2D eigenvalue weighted by Crippen LogP contribution is 2.30. The van der Waals surface area contributed by atoms with Crippen molar-refractivity contribution in [1.29, 1.82) is 0 Å². The van der Waals surface area contributed by atoms with E-state index in [9.17, 15) is 28.7 Å². The summed E-state index contributed by atoms with van der Waals surface area (Å²) in [6, 6.07) is 8.86. The van der Waals surface area contributed by atoms with Crippen molar-refractivity contribution in [3.8, 4) is 5.75 Å². The molecule has 0 saturated heterocycles. The molecule has 9 nitrogen and oxygen atoms in total. The first-order valence-electron chi connectivity index (χ1n) is 8.86. The third-order valence-corrected chi connectivity index (χ3v) is 5.76. The topological polar surface area (TPSA) is 142 Å². The Morgan fingerprint density at radius 1 is 1.10 bits per heavy atom. The van der Waals surface area contributed by atoms with Crippen LogP contribution in [0.5, 0.6) is 5.75 Å². The summed E-state index contributed by atoms with van der Waals surface area (Å²) in [5, 5.41) is 34.2. The lowest BCUT2D eigenvalue weighted by Gasteiger charge is -2.22. The Morgan fingerprint density at radius 3 is 2.21 bits per heavy atom. The molecule has 0 saturated carbocycles. The van der Waals surface area contributed by atoms with Gasteiger partial charge in [-0.15, -0.1) is 0 Å². The number of nitro groups is 1. The maximum atomic E-state index is 12.5. The maximum absolute atomic E-state index is 12.5. The van der Waals surface area contributed by atoms with Gasteiger partial charge in [0.25, 0.3) is 5.69 Å². The SMILES string of the molecule is C[C@@H](Nc1ccc(S(=O)(=O)NC(C)(C)C)cc1[N+](=O)[O-])[C@H](O)c1ccc(O)cc1. The molecule has 0 aliphatic heterocycles. The van der Waals surface area contributed by atoms with Crippen molar-refractivity contribution in [3.05, 3.63) is 58.1 Å². The number of aliphatic hydroxyl groups is 1. The first-order chi connectivity index (χ1) is 13.3. The molecule has 2 rings (SSSR count). The van der Waals surface area contributed by atoms with Crippen molar-refractivity contribution in [2.75, 3.05) is 5.32 Å². The summed E-state index contributed by atoms with van der Waals surface area (Å²) < 4.78 is 27.4. The average molecular weight is 423 g/mol. The smallest absolute Gasteiger partial charge is 0.293 e. The minimum Gasteiger partial charge on any atom is -0.508 e. The van der Waals surface area contributed by atoms with Gasteiger partial charge in [0, 0.05) is 11.6 Å². The highest BCUT2D eigenvalue weighted by Gasteiger charge is 2.27. The van der Waals surface area contributed by atoms with Gasteiger partial charge in [0.15, 0.2) is 0 Å². The van der Waals surface area contributed by atoms with Crippen molar-refractivity contribution in [2.45, 2.75) is 50.3 Å². The second-order valence-electron chi connectivity index (χ2n) is 7.76. The van der Waals surface area contributed by atoms with Crippen LogP contribution in [0.4, 0.5) is 11.4 Å². The summed E-state index contributed by atoms with van der Waals surface area (Å²) in [7, 11) is -3.94. The molecule has 0 amide bonds. The van der Waals surface area contributed by atoms with E-state index in [-0.39, 0.29) is 16.3 Å². The summed E-state index contributed by atoms with van der Waals surface area (Å²) in [5.41, 5.74) is -0.576. The van der Waals surface area contributed by atoms with Gasteiger partial charge >= 0.3 is 0 Å². The van der Waals surface area contributed by atoms with Crippen LogP contribution in [-0.4, -0.2) is 35.1 Å². The van der Waals surface area contributed by atoms with Crippen LogP contribution < -0.4 is 10.0 Å². The molecule has 2 aromatic rings. The number of nitro benzene ring substituents is 1. The van der Waals surface area contributed by atoms with Gasteiger partial charge in [-0.1, -0.05) is 12.1 Å². The molecule has 29 heavy (non-hydrogen) atoms. The number of aliphatic hydroxyl groups excluding tert-OH is 1. The zero-order valence-electron chi connectivity index (χ0n) is 16.6. The molecule has 4 N–H and O–H groups in total. The molecule has 0 spiro atoms. The van der Waals surface area contributed by atoms with Crippen LogP contribution in [0, 0.1) is 10.1 Å². The fourth-order valence-electron chi connectivity index (χ4n) is 2.70. The number of hydrogen-bond acceptors (Lipinski definition) is 7. The molecular weight excluding hydrogens is 398 g/mol. The number of nitrogens with one attached hydrogen (secondary N) is 2. The number of nitrogens with zero attached hydrogens (tertiary/aromatic N) is 1. The van der Waals surface area contributed by atoms with E-state index in [1.54, 1.807) is 39.8 Å². The van der Waals surface area contributed by atoms with Crippen molar-refractivity contribution in [3.63, 3.8) is 0 Å². The van der Waals surface area contributed by atoms with Crippen molar-refractivity contribution < 1.29 is 23.6 Å². The number of rotatable bonds is 7. The molecule has 2 atom stereocenters. The predicted octanol–water partition coefficient (Wildman–Crippen LogP) is 2.91. The first kappa shape index (κ1) is 22.6. The van der Waals surface area contributed by atoms with E-state index < -0.39 is 38.3 Å². The number of aromatic hydroxyl groups is 1. The van der Waals surface area contributed by atoms with Gasteiger partial charge in [-0.2, -0.15) is 0 Å². The lowest BCUT2D eigenvalue weighted by molar-refractivity contribution is -0.384. The summed E-state index contributed by atoms with van der Waals surface area (Å²) in [4.78, 5) is 10.6. The second-order valence-corrected chi connectivity index (χ2v) is 9.44. The number of anilines is 1. The molecule has 10 heteroatoms. The normalized spacial score (nSPS) is 14.2. The second kappa shape index (κ2) is 8.36. The van der Waals surface area contributed by atoms with Crippen LogP contribution in [0.1, 0.15) is 39.4 Å². The van der Waals surface area contributed by atoms with E-state index in [1.807, 2.05) is 0 Å². The minimum absolute atomic E-state index is 0.0536. The molecule has 0 aliphatic rings. The Morgan fingerprint density at radius 2 is 1.69 bits per heavy atom. The van der Waals surface area contributed by atoms with Gasteiger partial charge in [0.05, 0.1) is 22.0 Å². The van der Waals surface area contributed by atoms with Gasteiger partial charge in [-0.05, 0) is 57.5 Å². The van der Waals surface area contributed by atoms with Crippen molar-refractivity contribution >= 4 is 21.4 Å². The lowest BCUT2D eigenvalue weighted by Crippen LogP contribution is -2.40. The van der Waals surface area contributed by atoms with Gasteiger partial charge in [0.2, 0.25) is 10.0 Å². The Bertz CT molecular complexity index is 984. The molecule has 0 aromatic heterocycles. The van der Waals surface area contributed by atoms with Gasteiger partial charge in [0.1, 0.15) is 11.4 Å². The molecule has 0 unspecified atom stereocenters. The minimum atomic E-state index is -3.94. The summed E-state index contributed by atoms with van der Waals surface area (Å²) in [6.07, 6.45) is -1.01. The number of phenols is 1. The number of phenolic OH excluding ortho intramolecular Hbond substituents is 1. The molecule has 2 aromatic carbocycles. The standard InChI is InChI=1S/C19H25N3O6S/c1-12(18(24)13-5-7-14(23)8-6-13)20-16-10-9-15(11-17(16)22(25)26)29(27,28)21-19(2,3)4/h5-12,18,20-21,23-24H,1-4H3/t12-,18+/m1/s1. The zero-order chi connectivity index (χ0) is 22.0. The quantitative estimate of drug-likeness (QED) is 0.396. The first-order valence-corrected chi connectivity index (χ1v) is 10.3. The third kappa shape index (κ3) is 5.89. The monoisotopic (exact) mass is 423 g/mol. The molecule has 0 heterocycles. The molecule has 0 aliphatic carbocycles. The molecule has 0 bridgehead atoms. The fourth-order valence-corrected chi connectivity index (χ4v) is 4.14. The largest absolute Gasteiger partial charge is 0.508 e. The van der Waals surface area contributed by atoms with Crippen LogP contribution in [0.2, 0.25) is 0 Å². The highest BCUT2D eigenvalue weighted by molar-refractivity contribution is 7.89. The van der Waals surface area contributed by atoms with Gasteiger partial charge in [-0.3, -0.25) is 10.1 Å². The van der Waals surface area contributed by atoms with E-state index in [0.29, 0.717) is 5.56 Å². The van der Waals surface area contributed by atoms with Gasteiger partial charge in [-0.25, -0.2) is 13.1 Å². The number of sulfonamides is 1. The maximum Gasteiger partial charge on any atom is 0.293 e. The summed E-state index contributed by atoms with van der Waals surface area (Å²) in [6.45, 7) is 6.64. The Labute approximate surface area is 169 Å². The predicted molar refractivity (Wildman–Crippen MR) is 109 cm³/mol. The summed E-state index contributed by atoms with van der Waals surface area (Å²) >= 11 is 0. The number of benzene rings is 2. The van der Waals surface area contributed by atoms with E-state index >= 15 is 0 Å². The van der Waals surface area contributed by atoms with E-state index in [1.165, 1.54) is 24.3 Å². The fraction of sp³-hybridized carbons (Fsp3) is 0.368. The van der Waals surface area contributed by atoms with Crippen LogP contribution >= 0.6 is 0 Å². The molecular formula is C19H25N3O6S. The van der Waals surface area contributed by atoms with Crippen LogP contribution in [-0.2, 0) is 10.0 Å². The lowest BCUT2D eigenvalue weighted by atomic mass is 10.0. The molecule has 0 fully saturated rings. The third-order valence-electron chi connectivity index (χ3n) is 4.01. The molecule has 158 valence electrons. The summed E-state index contributed by atoms with van der Waals surface area (Å²) in [5.74, 6) is 0.0536. The van der Waals surface area contributed by atoms with Crippen molar-refractivity contribution in [1.82, 2.24) is 4.72 Å². The highest BCUT2D eigenvalue weighted by atomic mass is 32.2. The van der Waals surface area contributed by atoms with Crippen LogP contribution in [0.15, 0.2) is 47.4 Å². The average Bonchev–Trinajstić information content (AvgIpc) is 2.59. The van der Waals surface area contributed by atoms with Gasteiger partial charge < -0.3 is 15.5 Å². The van der Waals surface area contributed by atoms with E-state index in [2.05, 4.69) is 10.0 Å². The Kier molecular flexibility index (Phi) is 6.51. The van der Waals surface area contributed by atoms with Crippen LogP contribution in [0.3, 0.4) is 0 Å². The Hall–Kier alpha value is -2.69. The number of hydrogen-bond donors (Lipinski definition) is 4. The zero-order valence-corrected chi connectivity index (χ0v) is 17.4. The van der Waals surface area contributed by atoms with Crippen molar-refractivity contribution in [2.24, 2.45) is 0 Å². The van der Waals surface area contributed by atoms with E-state index in [4.69, 9.17) is 0 Å². The van der Waals surface area contributed by atoms with Crippen LogP contribution in [0.25, 0.3) is 0 Å². The molecule has 0 radical (unpaired) electrons. The Balaban J connectivity index is 2.31. The van der Waals surface area contributed by atoms with E-state index in [0.717, 1.165) is 6.07 Å².